The van der Waals surface area contributed by atoms with Crippen LogP contribution in [0.2, 0.25) is 0 Å². The summed E-state index contributed by atoms with van der Waals surface area (Å²) in [5.41, 5.74) is 1.13. The molecular weight excluding hydrogens is 296 g/mol. The summed E-state index contributed by atoms with van der Waals surface area (Å²) in [5.74, 6) is -0.166. The molecule has 1 aromatic carbocycles. The van der Waals surface area contributed by atoms with Crippen molar-refractivity contribution < 1.29 is 9.53 Å². The molecule has 18 heavy (non-hydrogen) atoms. The van der Waals surface area contributed by atoms with Crippen LogP contribution in [-0.2, 0) is 9.53 Å². The molecular formula is C13H17BrN2O2. The number of benzene rings is 1. The van der Waals surface area contributed by atoms with Gasteiger partial charge in [0, 0.05) is 24.1 Å². The molecule has 1 heterocycles. The summed E-state index contributed by atoms with van der Waals surface area (Å²) in [6.45, 7) is 2.62. The molecule has 1 aromatic rings. The first-order valence-electron chi connectivity index (χ1n) is 6.01. The first kappa shape index (κ1) is 13.4. The summed E-state index contributed by atoms with van der Waals surface area (Å²) >= 11 is 3.56. The lowest BCUT2D eigenvalue weighted by molar-refractivity contribution is -0.141. The van der Waals surface area contributed by atoms with Gasteiger partial charge in [0.1, 0.15) is 0 Å². The van der Waals surface area contributed by atoms with Gasteiger partial charge in [0.15, 0.2) is 0 Å². The molecule has 98 valence electrons. The predicted octanol–water partition coefficient (Wildman–Crippen LogP) is 1.79. The largest absolute Gasteiger partial charge is 0.469 e. The molecule has 4 nitrogen and oxygen atoms in total. The Morgan fingerprint density at radius 1 is 1.56 bits per heavy atom. The van der Waals surface area contributed by atoms with Gasteiger partial charge < -0.3 is 15.0 Å². The number of esters is 1. The van der Waals surface area contributed by atoms with Crippen LogP contribution in [0.1, 0.15) is 6.42 Å². The Balaban J connectivity index is 2.17. The minimum Gasteiger partial charge on any atom is -0.469 e. The maximum Gasteiger partial charge on any atom is 0.307 e. The molecule has 1 saturated heterocycles. The van der Waals surface area contributed by atoms with Gasteiger partial charge in [-0.1, -0.05) is 12.1 Å². The minimum atomic E-state index is -0.166. The number of nitrogens with one attached hydrogen (secondary N) is 1. The molecule has 0 spiro atoms. The number of carbonyl (C=O) groups excluding carboxylic acids is 1. The summed E-state index contributed by atoms with van der Waals surface area (Å²) in [7, 11) is 1.43. The number of nitrogens with zero attached hydrogens (tertiary/aromatic N) is 1. The van der Waals surface area contributed by atoms with Crippen molar-refractivity contribution in [3.05, 3.63) is 28.7 Å². The van der Waals surface area contributed by atoms with Crippen LogP contribution in [0.4, 0.5) is 5.69 Å². The minimum absolute atomic E-state index is 0.143. The third-order valence-electron chi connectivity index (χ3n) is 3.14. The van der Waals surface area contributed by atoms with Crippen molar-refractivity contribution in [2.24, 2.45) is 0 Å². The molecule has 1 unspecified atom stereocenters. The summed E-state index contributed by atoms with van der Waals surface area (Å²) < 4.78 is 5.82. The Labute approximate surface area is 115 Å². The first-order chi connectivity index (χ1) is 8.72. The zero-order chi connectivity index (χ0) is 13.0. The van der Waals surface area contributed by atoms with E-state index in [9.17, 15) is 4.79 Å². The van der Waals surface area contributed by atoms with Crippen LogP contribution in [0.15, 0.2) is 28.7 Å². The van der Waals surface area contributed by atoms with Gasteiger partial charge in [0.05, 0.1) is 25.3 Å². The van der Waals surface area contributed by atoms with Crippen LogP contribution in [-0.4, -0.2) is 38.8 Å². The lowest BCUT2D eigenvalue weighted by Gasteiger charge is -2.38. The van der Waals surface area contributed by atoms with Crippen molar-refractivity contribution in [1.29, 1.82) is 0 Å². The number of anilines is 1. The summed E-state index contributed by atoms with van der Waals surface area (Å²) in [6.07, 6.45) is 0.408. The molecule has 0 aliphatic carbocycles. The summed E-state index contributed by atoms with van der Waals surface area (Å²) in [4.78, 5) is 13.7. The molecule has 2 rings (SSSR count). The highest BCUT2D eigenvalue weighted by atomic mass is 79.9. The molecule has 0 bridgehead atoms. The van der Waals surface area contributed by atoms with Gasteiger partial charge in [-0.2, -0.15) is 0 Å². The van der Waals surface area contributed by atoms with Gasteiger partial charge in [0.2, 0.25) is 0 Å². The van der Waals surface area contributed by atoms with E-state index in [-0.39, 0.29) is 12.0 Å². The fourth-order valence-electron chi connectivity index (χ4n) is 2.22. The molecule has 1 aliphatic rings. The highest BCUT2D eigenvalue weighted by molar-refractivity contribution is 9.10. The number of rotatable bonds is 3. The monoisotopic (exact) mass is 312 g/mol. The van der Waals surface area contributed by atoms with E-state index < -0.39 is 0 Å². The van der Waals surface area contributed by atoms with E-state index in [4.69, 9.17) is 4.74 Å². The van der Waals surface area contributed by atoms with Crippen molar-refractivity contribution in [1.82, 2.24) is 5.32 Å². The second-order valence-corrected chi connectivity index (χ2v) is 5.14. The lowest BCUT2D eigenvalue weighted by Crippen LogP contribution is -2.52. The van der Waals surface area contributed by atoms with Crippen LogP contribution in [0.25, 0.3) is 0 Å². The van der Waals surface area contributed by atoms with Crippen LogP contribution in [0.3, 0.4) is 0 Å². The van der Waals surface area contributed by atoms with Gasteiger partial charge in [-0.05, 0) is 28.1 Å². The van der Waals surface area contributed by atoms with Crippen molar-refractivity contribution >= 4 is 27.6 Å². The van der Waals surface area contributed by atoms with Crippen LogP contribution in [0, 0.1) is 0 Å². The molecule has 0 aromatic heterocycles. The molecule has 1 aliphatic heterocycles. The molecule has 0 amide bonds. The molecule has 1 N–H and O–H groups in total. The lowest BCUT2D eigenvalue weighted by atomic mass is 10.1. The second-order valence-electron chi connectivity index (χ2n) is 4.28. The van der Waals surface area contributed by atoms with E-state index in [0.717, 1.165) is 29.8 Å². The number of carbonyl (C=O) groups is 1. The number of ether oxygens (including phenoxy) is 1. The number of methoxy groups -OCH3 is 1. The number of hydrogen-bond donors (Lipinski definition) is 1. The normalized spacial score (nSPS) is 19.7. The standard InChI is InChI=1S/C13H17BrN2O2/c1-18-13(17)8-10-9-15-6-7-16(10)12-5-3-2-4-11(12)14/h2-5,10,15H,6-9H2,1H3. The van der Waals surface area contributed by atoms with Crippen LogP contribution >= 0.6 is 15.9 Å². The maximum atomic E-state index is 11.5. The summed E-state index contributed by atoms with van der Waals surface area (Å²) in [5, 5.41) is 3.32. The SMILES string of the molecule is COC(=O)CC1CNCCN1c1ccccc1Br. The van der Waals surface area contributed by atoms with Crippen molar-refractivity contribution in [3.8, 4) is 0 Å². The van der Waals surface area contributed by atoms with Gasteiger partial charge in [-0.15, -0.1) is 0 Å². The third-order valence-corrected chi connectivity index (χ3v) is 3.81. The Bertz CT molecular complexity index is 425. The zero-order valence-corrected chi connectivity index (χ0v) is 11.9. The molecule has 5 heteroatoms. The first-order valence-corrected chi connectivity index (χ1v) is 6.80. The molecule has 0 saturated carbocycles. The fraction of sp³-hybridized carbons (Fsp3) is 0.462. The van der Waals surface area contributed by atoms with Gasteiger partial charge >= 0.3 is 5.97 Å². The van der Waals surface area contributed by atoms with Crippen molar-refractivity contribution in [2.75, 3.05) is 31.6 Å². The highest BCUT2D eigenvalue weighted by Gasteiger charge is 2.26. The molecule has 0 radical (unpaired) electrons. The number of piperazine rings is 1. The number of halogens is 1. The smallest absolute Gasteiger partial charge is 0.307 e. The average Bonchev–Trinajstić information content (AvgIpc) is 2.40. The van der Waals surface area contributed by atoms with Gasteiger partial charge in [0.25, 0.3) is 0 Å². The average molecular weight is 313 g/mol. The third kappa shape index (κ3) is 3.03. The van der Waals surface area contributed by atoms with Gasteiger partial charge in [-0.25, -0.2) is 0 Å². The number of hydrogen-bond acceptors (Lipinski definition) is 4. The van der Waals surface area contributed by atoms with E-state index in [1.54, 1.807) is 0 Å². The van der Waals surface area contributed by atoms with Crippen LogP contribution in [0.5, 0.6) is 0 Å². The van der Waals surface area contributed by atoms with E-state index in [0.29, 0.717) is 6.42 Å². The van der Waals surface area contributed by atoms with Crippen molar-refractivity contribution in [2.45, 2.75) is 12.5 Å². The zero-order valence-electron chi connectivity index (χ0n) is 10.4. The molecule has 1 fully saturated rings. The van der Waals surface area contributed by atoms with E-state index in [1.165, 1.54) is 7.11 Å². The van der Waals surface area contributed by atoms with E-state index >= 15 is 0 Å². The Kier molecular flexibility index (Phi) is 4.60. The Morgan fingerprint density at radius 3 is 3.06 bits per heavy atom. The second kappa shape index (κ2) is 6.20. The maximum absolute atomic E-state index is 11.5. The Morgan fingerprint density at radius 2 is 2.33 bits per heavy atom. The Hall–Kier alpha value is -1.07. The fourth-order valence-corrected chi connectivity index (χ4v) is 2.73. The quantitative estimate of drug-likeness (QED) is 0.864. The number of para-hydroxylation sites is 1. The van der Waals surface area contributed by atoms with Crippen molar-refractivity contribution in [3.63, 3.8) is 0 Å². The molecule has 1 atom stereocenters. The highest BCUT2D eigenvalue weighted by Crippen LogP contribution is 2.28. The van der Waals surface area contributed by atoms with Gasteiger partial charge in [-0.3, -0.25) is 4.79 Å². The predicted molar refractivity (Wildman–Crippen MR) is 74.8 cm³/mol. The topological polar surface area (TPSA) is 41.6 Å². The van der Waals surface area contributed by atoms with E-state index in [2.05, 4.69) is 32.2 Å². The summed E-state index contributed by atoms with van der Waals surface area (Å²) in [6, 6.07) is 8.24. The van der Waals surface area contributed by atoms with Crippen LogP contribution < -0.4 is 10.2 Å². The van der Waals surface area contributed by atoms with E-state index in [1.807, 2.05) is 18.2 Å².